The summed E-state index contributed by atoms with van der Waals surface area (Å²) in [6.07, 6.45) is 5.53. The number of hydrogen-bond acceptors (Lipinski definition) is 8. The molecule has 0 bridgehead atoms. The molecule has 0 saturated heterocycles. The van der Waals surface area contributed by atoms with Crippen molar-refractivity contribution < 1.29 is 18.8 Å². The molecule has 2 aromatic carbocycles. The molecule has 5 rings (SSSR count). The van der Waals surface area contributed by atoms with E-state index < -0.39 is 5.88 Å². The molecule has 2 heterocycles. The van der Waals surface area contributed by atoms with Crippen LogP contribution in [0, 0.1) is 0 Å². The van der Waals surface area contributed by atoms with Gasteiger partial charge < -0.3 is 19.8 Å². The number of nitrogens with zero attached hydrogens (tertiary/aromatic N) is 4. The fourth-order valence-electron chi connectivity index (χ4n) is 4.97. The molecule has 0 radical (unpaired) electrons. The van der Waals surface area contributed by atoms with Crippen LogP contribution >= 0.6 is 0 Å². The summed E-state index contributed by atoms with van der Waals surface area (Å²) in [5.41, 5.74) is 9.63. The molecule has 38 heavy (non-hydrogen) atoms. The molecule has 0 unspecified atom stereocenters. The average Bonchev–Trinajstić information content (AvgIpc) is 3.55. The van der Waals surface area contributed by atoms with Crippen molar-refractivity contribution in [3.05, 3.63) is 83.0 Å². The van der Waals surface area contributed by atoms with Crippen LogP contribution in [0.15, 0.2) is 68.3 Å². The van der Waals surface area contributed by atoms with Crippen molar-refractivity contribution in [2.75, 3.05) is 0 Å². The number of ketones is 1. The highest BCUT2D eigenvalue weighted by Crippen LogP contribution is 2.36. The number of amidine groups is 1. The zero-order valence-corrected chi connectivity index (χ0v) is 21.4. The number of allylic oxidation sites excluding steroid dienone is 1. The minimum absolute atomic E-state index is 0.0283. The molecule has 0 spiro atoms. The third-order valence-corrected chi connectivity index (χ3v) is 6.92. The first-order valence-corrected chi connectivity index (χ1v) is 13.1. The summed E-state index contributed by atoms with van der Waals surface area (Å²) in [7, 11) is 0. The van der Waals surface area contributed by atoms with Crippen LogP contribution in [0.4, 0.5) is 0 Å². The summed E-state index contributed by atoms with van der Waals surface area (Å²) in [6, 6.07) is 15.7. The van der Waals surface area contributed by atoms with Crippen LogP contribution in [0.3, 0.4) is 0 Å². The molecule has 0 aliphatic heterocycles. The Morgan fingerprint density at radius 3 is 2.84 bits per heavy atom. The average molecular weight is 514 g/mol. The van der Waals surface area contributed by atoms with E-state index >= 15 is 0 Å². The maximum absolute atomic E-state index is 13.7. The van der Waals surface area contributed by atoms with Crippen molar-refractivity contribution in [3.63, 3.8) is 0 Å². The van der Waals surface area contributed by atoms with Crippen molar-refractivity contribution in [2.45, 2.75) is 64.2 Å². The van der Waals surface area contributed by atoms with Crippen molar-refractivity contribution in [1.29, 1.82) is 0 Å². The second-order valence-corrected chi connectivity index (χ2v) is 9.62. The molecule has 9 nitrogen and oxygen atoms in total. The number of aryl methyl sites for hydroxylation is 1. The second kappa shape index (κ2) is 11.4. The van der Waals surface area contributed by atoms with Crippen LogP contribution in [0.25, 0.3) is 16.5 Å². The summed E-state index contributed by atoms with van der Waals surface area (Å²) < 4.78 is 11.2. The first-order chi connectivity index (χ1) is 18.5. The van der Waals surface area contributed by atoms with Crippen LogP contribution < -0.4 is 5.73 Å². The molecule has 4 aromatic rings. The number of fused-ring (bicyclic) bond motifs is 2. The maximum Gasteiger partial charge on any atom is 0.256 e. The van der Waals surface area contributed by atoms with E-state index in [1.165, 1.54) is 11.1 Å². The van der Waals surface area contributed by atoms with Gasteiger partial charge in [-0.25, -0.2) is 4.99 Å². The smallest absolute Gasteiger partial charge is 0.256 e. The number of para-hydroxylation sites is 1. The van der Waals surface area contributed by atoms with Crippen molar-refractivity contribution in [2.24, 2.45) is 10.7 Å². The van der Waals surface area contributed by atoms with Gasteiger partial charge in [-0.3, -0.25) is 4.79 Å². The topological polar surface area (TPSA) is 141 Å². The highest BCUT2D eigenvalue weighted by molar-refractivity contribution is 6.20. The lowest BCUT2D eigenvalue weighted by atomic mass is 9.79. The number of aliphatic hydroxyl groups excluding tert-OH is 1. The number of aliphatic imine (C=N–C) groups is 1. The van der Waals surface area contributed by atoms with Crippen LogP contribution in [0.2, 0.25) is 0 Å². The molecule has 1 atom stereocenters. The van der Waals surface area contributed by atoms with Gasteiger partial charge in [0.15, 0.2) is 11.4 Å². The highest BCUT2D eigenvalue weighted by Gasteiger charge is 2.29. The van der Waals surface area contributed by atoms with Gasteiger partial charge >= 0.3 is 0 Å². The molecule has 196 valence electrons. The maximum atomic E-state index is 13.7. The first-order valence-electron chi connectivity index (χ1n) is 13.1. The van der Waals surface area contributed by atoms with Gasteiger partial charge in [0.25, 0.3) is 5.89 Å². The summed E-state index contributed by atoms with van der Waals surface area (Å²) in [6.45, 7) is 2.04. The predicted octanol–water partition coefficient (Wildman–Crippen LogP) is 5.65. The largest absolute Gasteiger partial charge is 0.493 e. The second-order valence-electron chi connectivity index (χ2n) is 9.62. The number of aromatic nitrogens is 3. The van der Waals surface area contributed by atoms with Gasteiger partial charge in [0.1, 0.15) is 17.1 Å². The van der Waals surface area contributed by atoms with Gasteiger partial charge in [-0.2, -0.15) is 0 Å². The van der Waals surface area contributed by atoms with Crippen LogP contribution in [-0.4, -0.2) is 32.1 Å². The number of carbonyl (C=O) groups excluding carboxylic acids is 1. The summed E-state index contributed by atoms with van der Waals surface area (Å²) in [5.74, 6) is -0.408. The van der Waals surface area contributed by atoms with E-state index in [4.69, 9.17) is 14.7 Å². The van der Waals surface area contributed by atoms with E-state index in [0.717, 1.165) is 37.5 Å². The van der Waals surface area contributed by atoms with E-state index in [1.54, 1.807) is 0 Å². The molecule has 0 fully saturated rings. The Morgan fingerprint density at radius 2 is 1.97 bits per heavy atom. The van der Waals surface area contributed by atoms with E-state index in [-0.39, 0.29) is 47.7 Å². The summed E-state index contributed by atoms with van der Waals surface area (Å²) >= 11 is 0. The van der Waals surface area contributed by atoms with Crippen LogP contribution in [-0.2, 0) is 17.6 Å². The quantitative estimate of drug-likeness (QED) is 0.120. The van der Waals surface area contributed by atoms with Gasteiger partial charge in [-0.05, 0) is 54.9 Å². The Balaban J connectivity index is 1.45. The Morgan fingerprint density at radius 1 is 1.16 bits per heavy atom. The number of aliphatic hydroxyl groups is 1. The molecule has 0 saturated carbocycles. The van der Waals surface area contributed by atoms with Crippen molar-refractivity contribution in [3.8, 4) is 0 Å². The molecule has 1 aliphatic carbocycles. The fourth-order valence-corrected chi connectivity index (χ4v) is 4.97. The molecule has 2 aromatic heterocycles. The minimum atomic E-state index is -0.505. The summed E-state index contributed by atoms with van der Waals surface area (Å²) in [4.78, 5) is 17.8. The van der Waals surface area contributed by atoms with Gasteiger partial charge in [-0.1, -0.05) is 54.9 Å². The van der Waals surface area contributed by atoms with Gasteiger partial charge in [-0.15, -0.1) is 10.2 Å². The van der Waals surface area contributed by atoms with Gasteiger partial charge in [0.05, 0.1) is 6.42 Å². The van der Waals surface area contributed by atoms with Gasteiger partial charge in [0, 0.05) is 18.2 Å². The lowest BCUT2D eigenvalue weighted by Crippen LogP contribution is -2.16. The van der Waals surface area contributed by atoms with E-state index in [9.17, 15) is 9.90 Å². The lowest BCUT2D eigenvalue weighted by Gasteiger charge is -2.25. The zero-order chi connectivity index (χ0) is 26.5. The lowest BCUT2D eigenvalue weighted by molar-refractivity contribution is -0.114. The Hall–Kier alpha value is -4.27. The molecule has 1 aliphatic rings. The minimum Gasteiger partial charge on any atom is -0.493 e. The third-order valence-electron chi connectivity index (χ3n) is 6.92. The molecular formula is C29H31N5O4. The Labute approximate surface area is 220 Å². The highest BCUT2D eigenvalue weighted by atomic mass is 16.5. The summed E-state index contributed by atoms with van der Waals surface area (Å²) in [5, 5.41) is 24.1. The van der Waals surface area contributed by atoms with Gasteiger partial charge in [0.2, 0.25) is 11.8 Å². The SMILES string of the molecule is CCCC/C(N)=N/C(O)=C(\C(=O)C[C@H]1CCCc2ccccc21)c1nnc(Cc2noc3ccccc23)o1. The number of rotatable bonds is 10. The monoisotopic (exact) mass is 513 g/mol. The molecular weight excluding hydrogens is 482 g/mol. The van der Waals surface area contributed by atoms with Crippen LogP contribution in [0.5, 0.6) is 0 Å². The third kappa shape index (κ3) is 5.51. The number of carbonyl (C=O) groups is 1. The fraction of sp³-hybridized carbons (Fsp3) is 0.345. The zero-order valence-electron chi connectivity index (χ0n) is 21.4. The number of benzene rings is 2. The van der Waals surface area contributed by atoms with E-state index in [1.807, 2.05) is 43.3 Å². The number of nitrogens with two attached hydrogens (primary N) is 1. The van der Waals surface area contributed by atoms with Crippen LogP contribution in [0.1, 0.15) is 80.0 Å². The Kier molecular flexibility index (Phi) is 7.62. The number of hydrogen-bond donors (Lipinski definition) is 2. The predicted molar refractivity (Wildman–Crippen MR) is 144 cm³/mol. The Bertz CT molecular complexity index is 1500. The number of unbranched alkanes of at least 4 members (excludes halogenated alkanes) is 1. The molecule has 9 heteroatoms. The van der Waals surface area contributed by atoms with E-state index in [0.29, 0.717) is 17.7 Å². The number of Topliss-reactive ketones (excluding diaryl/α,β-unsaturated/α-hetero) is 1. The van der Waals surface area contributed by atoms with E-state index in [2.05, 4.69) is 32.5 Å². The van der Waals surface area contributed by atoms with Crippen molar-refractivity contribution in [1.82, 2.24) is 15.4 Å². The van der Waals surface area contributed by atoms with Crippen molar-refractivity contribution >= 4 is 28.2 Å². The standard InChI is InChI=1S/C29H31N5O4/c1-2-3-15-25(30)31-28(36)27(23(35)16-19-11-8-10-18-9-4-5-12-20(18)19)29-33-32-26(37-29)17-22-21-13-6-7-14-24(21)38-34-22/h4-7,9,12-14,19,36H,2-3,8,10-11,15-17H2,1H3,(H2,30,31)/b28-27-/t19-/m1/s1. The normalized spacial score (nSPS) is 16.3. The first kappa shape index (κ1) is 25.4. The molecule has 0 amide bonds. The molecule has 3 N–H and O–H groups in total.